The van der Waals surface area contributed by atoms with Gasteiger partial charge in [-0.1, -0.05) is 23.7 Å². The third kappa shape index (κ3) is 2.64. The molecule has 1 aromatic carbocycles. The zero-order valence-corrected chi connectivity index (χ0v) is 12.0. The number of rotatable bonds is 4. The molecule has 0 saturated carbocycles. The first-order valence-electron chi connectivity index (χ1n) is 6.76. The van der Waals surface area contributed by atoms with Gasteiger partial charge in [0.1, 0.15) is 11.9 Å². The molecule has 106 valence electrons. The molecule has 0 saturated heterocycles. The first-order chi connectivity index (χ1) is 9.65. The van der Waals surface area contributed by atoms with Gasteiger partial charge in [-0.3, -0.25) is 0 Å². The van der Waals surface area contributed by atoms with Crippen LogP contribution < -0.4 is 10.5 Å². The molecule has 1 aliphatic heterocycles. The summed E-state index contributed by atoms with van der Waals surface area (Å²) in [5.74, 6) is 0.907. The largest absolute Gasteiger partial charge is 0.488 e. The lowest BCUT2D eigenvalue weighted by atomic mass is 10.1. The van der Waals surface area contributed by atoms with Crippen molar-refractivity contribution in [1.82, 2.24) is 15.0 Å². The van der Waals surface area contributed by atoms with Gasteiger partial charge in [0.2, 0.25) is 0 Å². The maximum Gasteiger partial charge on any atom is 0.123 e. The molecule has 0 aliphatic carbocycles. The Balaban J connectivity index is 1.67. The number of hydrogen-bond acceptors (Lipinski definition) is 4. The summed E-state index contributed by atoms with van der Waals surface area (Å²) in [6, 6.07) is 5.66. The van der Waals surface area contributed by atoms with Crippen molar-refractivity contribution in [2.45, 2.75) is 38.5 Å². The number of hydrogen-bond donors (Lipinski definition) is 1. The molecule has 2 heterocycles. The van der Waals surface area contributed by atoms with E-state index in [2.05, 4.69) is 10.3 Å². The van der Waals surface area contributed by atoms with Crippen molar-refractivity contribution < 1.29 is 4.74 Å². The second-order valence-electron chi connectivity index (χ2n) is 5.08. The van der Waals surface area contributed by atoms with Crippen LogP contribution in [-0.4, -0.2) is 21.1 Å². The van der Waals surface area contributed by atoms with E-state index >= 15 is 0 Å². The molecule has 0 amide bonds. The molecular formula is C14H17ClN4O. The Bertz CT molecular complexity index is 613. The van der Waals surface area contributed by atoms with Crippen molar-refractivity contribution in [3.8, 4) is 5.75 Å². The summed E-state index contributed by atoms with van der Waals surface area (Å²) >= 11 is 5.99. The first-order valence-corrected chi connectivity index (χ1v) is 7.14. The number of ether oxygens (including phenoxy) is 1. The van der Waals surface area contributed by atoms with Gasteiger partial charge in [-0.15, -0.1) is 5.10 Å². The Labute approximate surface area is 122 Å². The Kier molecular flexibility index (Phi) is 3.63. The van der Waals surface area contributed by atoms with Gasteiger partial charge >= 0.3 is 0 Å². The summed E-state index contributed by atoms with van der Waals surface area (Å²) in [5, 5.41) is 8.95. The maximum atomic E-state index is 5.99. The zero-order chi connectivity index (χ0) is 14.1. The van der Waals surface area contributed by atoms with E-state index in [4.69, 9.17) is 22.1 Å². The smallest absolute Gasteiger partial charge is 0.123 e. The van der Waals surface area contributed by atoms with Gasteiger partial charge in [0.25, 0.3) is 0 Å². The quantitative estimate of drug-likeness (QED) is 0.939. The monoisotopic (exact) mass is 292 g/mol. The molecule has 2 aromatic rings. The predicted octanol–water partition coefficient (Wildman–Crippen LogP) is 2.35. The van der Waals surface area contributed by atoms with Crippen LogP contribution >= 0.6 is 11.6 Å². The van der Waals surface area contributed by atoms with Gasteiger partial charge < -0.3 is 10.5 Å². The molecule has 0 spiro atoms. The minimum atomic E-state index is -0.0516. The van der Waals surface area contributed by atoms with E-state index in [-0.39, 0.29) is 12.1 Å². The topological polar surface area (TPSA) is 66.0 Å². The highest BCUT2D eigenvalue weighted by Crippen LogP contribution is 2.31. The molecule has 1 aromatic heterocycles. The van der Waals surface area contributed by atoms with Crippen molar-refractivity contribution >= 4 is 11.6 Å². The molecule has 2 atom stereocenters. The summed E-state index contributed by atoms with van der Waals surface area (Å²) in [7, 11) is 0. The van der Waals surface area contributed by atoms with E-state index in [1.165, 1.54) is 0 Å². The normalized spacial score (nSPS) is 18.6. The van der Waals surface area contributed by atoms with E-state index in [9.17, 15) is 0 Å². The van der Waals surface area contributed by atoms with Crippen LogP contribution in [0.4, 0.5) is 0 Å². The van der Waals surface area contributed by atoms with Crippen molar-refractivity contribution in [3.05, 3.63) is 40.7 Å². The lowest BCUT2D eigenvalue weighted by molar-refractivity contribution is 0.202. The predicted molar refractivity (Wildman–Crippen MR) is 76.8 cm³/mol. The van der Waals surface area contributed by atoms with Gasteiger partial charge in [-0.25, -0.2) is 4.68 Å². The average molecular weight is 293 g/mol. The van der Waals surface area contributed by atoms with Crippen molar-refractivity contribution in [3.63, 3.8) is 0 Å². The maximum absolute atomic E-state index is 5.99. The standard InChI is InChI=1S/C14H17ClN4O/c1-2-12(16)13-8-19(18-17-13)7-11-6-9-5-10(15)3-4-14(9)20-11/h3-5,8,11-12H,2,6-7,16H2,1H3. The van der Waals surface area contributed by atoms with Crippen LogP contribution in [0, 0.1) is 0 Å². The minimum absolute atomic E-state index is 0.0516. The fourth-order valence-corrected chi connectivity index (χ4v) is 2.58. The molecule has 2 unspecified atom stereocenters. The lowest BCUT2D eigenvalue weighted by Crippen LogP contribution is -2.21. The summed E-state index contributed by atoms with van der Waals surface area (Å²) < 4.78 is 7.68. The van der Waals surface area contributed by atoms with Crippen LogP contribution in [0.15, 0.2) is 24.4 Å². The van der Waals surface area contributed by atoms with E-state index in [1.54, 1.807) is 4.68 Å². The number of halogens is 1. The van der Waals surface area contributed by atoms with Gasteiger partial charge in [-0.05, 0) is 30.2 Å². The van der Waals surface area contributed by atoms with E-state index in [0.717, 1.165) is 34.9 Å². The van der Waals surface area contributed by atoms with Gasteiger partial charge in [0.15, 0.2) is 0 Å². The van der Waals surface area contributed by atoms with Crippen molar-refractivity contribution in [2.75, 3.05) is 0 Å². The number of nitrogens with two attached hydrogens (primary N) is 1. The molecule has 5 nitrogen and oxygen atoms in total. The molecule has 1 aliphatic rings. The number of aromatic nitrogens is 3. The molecule has 6 heteroatoms. The van der Waals surface area contributed by atoms with E-state index in [0.29, 0.717) is 6.54 Å². The second-order valence-corrected chi connectivity index (χ2v) is 5.51. The average Bonchev–Trinajstić information content (AvgIpc) is 3.04. The minimum Gasteiger partial charge on any atom is -0.488 e. The molecule has 2 N–H and O–H groups in total. The van der Waals surface area contributed by atoms with E-state index in [1.807, 2.05) is 31.3 Å². The SMILES string of the molecule is CCC(N)c1cn(CC2Cc3cc(Cl)ccc3O2)nn1. The van der Waals surface area contributed by atoms with Crippen LogP contribution in [0.25, 0.3) is 0 Å². The number of nitrogens with zero attached hydrogens (tertiary/aromatic N) is 3. The van der Waals surface area contributed by atoms with Gasteiger partial charge in [-0.2, -0.15) is 0 Å². The molecule has 3 rings (SSSR count). The Morgan fingerprint density at radius 3 is 3.20 bits per heavy atom. The first kappa shape index (κ1) is 13.4. The Hall–Kier alpha value is -1.59. The molecular weight excluding hydrogens is 276 g/mol. The highest BCUT2D eigenvalue weighted by atomic mass is 35.5. The highest BCUT2D eigenvalue weighted by molar-refractivity contribution is 6.30. The van der Waals surface area contributed by atoms with Crippen LogP contribution in [0.1, 0.15) is 30.6 Å². The van der Waals surface area contributed by atoms with Gasteiger partial charge in [0, 0.05) is 11.4 Å². The van der Waals surface area contributed by atoms with Crippen molar-refractivity contribution in [2.24, 2.45) is 5.73 Å². The van der Waals surface area contributed by atoms with E-state index < -0.39 is 0 Å². The lowest BCUT2D eigenvalue weighted by Gasteiger charge is -2.09. The summed E-state index contributed by atoms with van der Waals surface area (Å²) in [6.45, 7) is 2.69. The fourth-order valence-electron chi connectivity index (χ4n) is 2.38. The van der Waals surface area contributed by atoms with Crippen molar-refractivity contribution in [1.29, 1.82) is 0 Å². The molecule has 0 fully saturated rings. The van der Waals surface area contributed by atoms with Crippen LogP contribution in [-0.2, 0) is 13.0 Å². The Morgan fingerprint density at radius 1 is 1.55 bits per heavy atom. The third-order valence-electron chi connectivity index (χ3n) is 3.53. The summed E-state index contributed by atoms with van der Waals surface area (Å²) in [6.07, 6.45) is 3.65. The highest BCUT2D eigenvalue weighted by Gasteiger charge is 2.24. The number of benzene rings is 1. The number of fused-ring (bicyclic) bond motifs is 1. The van der Waals surface area contributed by atoms with Gasteiger partial charge in [0.05, 0.1) is 24.5 Å². The Morgan fingerprint density at radius 2 is 2.40 bits per heavy atom. The van der Waals surface area contributed by atoms with Crippen LogP contribution in [0.5, 0.6) is 5.75 Å². The second kappa shape index (κ2) is 5.42. The van der Waals surface area contributed by atoms with Crippen LogP contribution in [0.2, 0.25) is 5.02 Å². The third-order valence-corrected chi connectivity index (χ3v) is 3.77. The van der Waals surface area contributed by atoms with Crippen LogP contribution in [0.3, 0.4) is 0 Å². The fraction of sp³-hybridized carbons (Fsp3) is 0.429. The zero-order valence-electron chi connectivity index (χ0n) is 11.3. The molecule has 0 radical (unpaired) electrons. The molecule has 20 heavy (non-hydrogen) atoms. The summed E-state index contributed by atoms with van der Waals surface area (Å²) in [4.78, 5) is 0. The molecule has 0 bridgehead atoms. The summed E-state index contributed by atoms with van der Waals surface area (Å²) in [5.41, 5.74) is 7.91.